The van der Waals surface area contributed by atoms with E-state index in [-0.39, 0.29) is 18.4 Å². The summed E-state index contributed by atoms with van der Waals surface area (Å²) >= 11 is 0. The molecule has 110 valence electrons. The summed E-state index contributed by atoms with van der Waals surface area (Å²) in [7, 11) is 0. The second-order valence-corrected chi connectivity index (χ2v) is 6.55. The fourth-order valence-electron chi connectivity index (χ4n) is 2.87. The zero-order valence-corrected chi connectivity index (χ0v) is 12.5. The third kappa shape index (κ3) is 2.79. The minimum Gasteiger partial charge on any atom is -0.394 e. The van der Waals surface area contributed by atoms with Crippen LogP contribution < -0.4 is 5.32 Å². The number of aliphatic hydroxyl groups is 1. The van der Waals surface area contributed by atoms with Gasteiger partial charge in [-0.25, -0.2) is 0 Å². The predicted octanol–water partition coefficient (Wildman–Crippen LogP) is 2.83. The Morgan fingerprint density at radius 3 is 2.71 bits per heavy atom. The monoisotopic (exact) mass is 283 g/mol. The molecule has 0 heterocycles. The first kappa shape index (κ1) is 14.1. The fourth-order valence-corrected chi connectivity index (χ4v) is 2.87. The Bertz CT molecular complexity index is 672. The van der Waals surface area contributed by atoms with Gasteiger partial charge in [0.1, 0.15) is 0 Å². The Labute approximate surface area is 125 Å². The summed E-state index contributed by atoms with van der Waals surface area (Å²) < 4.78 is 0. The van der Waals surface area contributed by atoms with E-state index in [1.165, 1.54) is 16.3 Å². The standard InChI is InChI=1S/C18H21NO2/c1-18(2,11-20)19-17(21)16-10-15(16)14-9-5-7-12-6-3-4-8-13(12)14/h3-9,15-16,20H,10-11H2,1-2H3,(H,19,21). The number of carbonyl (C=O) groups is 1. The Morgan fingerprint density at radius 2 is 1.95 bits per heavy atom. The van der Waals surface area contributed by atoms with Crippen molar-refractivity contribution in [2.24, 2.45) is 5.92 Å². The van der Waals surface area contributed by atoms with E-state index < -0.39 is 5.54 Å². The van der Waals surface area contributed by atoms with Gasteiger partial charge in [-0.05, 0) is 42.5 Å². The molecule has 0 spiro atoms. The molecule has 1 amide bonds. The van der Waals surface area contributed by atoms with Crippen LogP contribution in [0.4, 0.5) is 0 Å². The number of carbonyl (C=O) groups excluding carboxylic acids is 1. The Hall–Kier alpha value is -1.87. The number of benzene rings is 2. The van der Waals surface area contributed by atoms with Crippen molar-refractivity contribution in [3.8, 4) is 0 Å². The molecular formula is C18H21NO2. The van der Waals surface area contributed by atoms with E-state index >= 15 is 0 Å². The predicted molar refractivity (Wildman–Crippen MR) is 84.1 cm³/mol. The van der Waals surface area contributed by atoms with Gasteiger partial charge in [0, 0.05) is 5.92 Å². The van der Waals surface area contributed by atoms with Crippen LogP contribution in [0.1, 0.15) is 31.7 Å². The molecule has 2 N–H and O–H groups in total. The van der Waals surface area contributed by atoms with Crippen molar-refractivity contribution in [2.45, 2.75) is 31.7 Å². The molecule has 0 radical (unpaired) electrons. The molecule has 21 heavy (non-hydrogen) atoms. The highest BCUT2D eigenvalue weighted by Gasteiger charge is 2.45. The molecule has 1 aliphatic carbocycles. The van der Waals surface area contributed by atoms with Gasteiger partial charge < -0.3 is 10.4 Å². The number of nitrogens with one attached hydrogen (secondary N) is 1. The highest BCUT2D eigenvalue weighted by atomic mass is 16.3. The van der Waals surface area contributed by atoms with Crippen LogP contribution in [0.5, 0.6) is 0 Å². The van der Waals surface area contributed by atoms with E-state index in [1.54, 1.807) is 0 Å². The number of amides is 1. The van der Waals surface area contributed by atoms with E-state index in [2.05, 4.69) is 35.6 Å². The van der Waals surface area contributed by atoms with Gasteiger partial charge in [0.05, 0.1) is 12.1 Å². The van der Waals surface area contributed by atoms with Gasteiger partial charge in [0.25, 0.3) is 0 Å². The third-order valence-corrected chi connectivity index (χ3v) is 4.21. The number of aliphatic hydroxyl groups excluding tert-OH is 1. The van der Waals surface area contributed by atoms with Crippen molar-refractivity contribution in [3.63, 3.8) is 0 Å². The average molecular weight is 283 g/mol. The summed E-state index contributed by atoms with van der Waals surface area (Å²) in [5.74, 6) is 0.374. The first-order chi connectivity index (χ1) is 10.0. The molecule has 2 atom stereocenters. The maximum absolute atomic E-state index is 12.3. The average Bonchev–Trinajstić information content (AvgIpc) is 3.27. The highest BCUT2D eigenvalue weighted by Crippen LogP contribution is 2.49. The Kier molecular flexibility index (Phi) is 3.46. The second-order valence-electron chi connectivity index (χ2n) is 6.55. The number of fused-ring (bicyclic) bond motifs is 1. The molecule has 1 saturated carbocycles. The van der Waals surface area contributed by atoms with Crippen LogP contribution in [0, 0.1) is 5.92 Å². The lowest BCUT2D eigenvalue weighted by Crippen LogP contribution is -2.47. The molecule has 0 bridgehead atoms. The maximum Gasteiger partial charge on any atom is 0.224 e. The van der Waals surface area contributed by atoms with E-state index in [4.69, 9.17) is 0 Å². The largest absolute Gasteiger partial charge is 0.394 e. The van der Waals surface area contributed by atoms with Crippen molar-refractivity contribution >= 4 is 16.7 Å². The summed E-state index contributed by atoms with van der Waals surface area (Å²) in [6, 6.07) is 14.6. The maximum atomic E-state index is 12.3. The summed E-state index contributed by atoms with van der Waals surface area (Å²) in [6.07, 6.45) is 0.890. The zero-order chi connectivity index (χ0) is 15.0. The molecule has 2 aromatic carbocycles. The Balaban J connectivity index is 1.79. The van der Waals surface area contributed by atoms with Crippen LogP contribution in [0.3, 0.4) is 0 Å². The topological polar surface area (TPSA) is 49.3 Å². The first-order valence-electron chi connectivity index (χ1n) is 7.42. The number of hydrogen-bond donors (Lipinski definition) is 2. The smallest absolute Gasteiger partial charge is 0.224 e. The van der Waals surface area contributed by atoms with Crippen LogP contribution in [0.25, 0.3) is 10.8 Å². The van der Waals surface area contributed by atoms with Gasteiger partial charge >= 0.3 is 0 Å². The van der Waals surface area contributed by atoms with Gasteiger partial charge in [0.2, 0.25) is 5.91 Å². The molecule has 1 aliphatic rings. The van der Waals surface area contributed by atoms with Crippen LogP contribution in [0.15, 0.2) is 42.5 Å². The summed E-state index contributed by atoms with van der Waals surface area (Å²) in [5.41, 5.74) is 0.707. The summed E-state index contributed by atoms with van der Waals surface area (Å²) in [4.78, 5) is 12.3. The number of hydrogen-bond acceptors (Lipinski definition) is 2. The molecule has 3 nitrogen and oxygen atoms in total. The molecule has 0 aromatic heterocycles. The lowest BCUT2D eigenvalue weighted by atomic mass is 9.99. The molecule has 1 fully saturated rings. The van der Waals surface area contributed by atoms with Crippen molar-refractivity contribution in [3.05, 3.63) is 48.0 Å². The first-order valence-corrected chi connectivity index (χ1v) is 7.42. The van der Waals surface area contributed by atoms with Crippen molar-refractivity contribution in [1.82, 2.24) is 5.32 Å². The lowest BCUT2D eigenvalue weighted by molar-refractivity contribution is -0.124. The van der Waals surface area contributed by atoms with Gasteiger partial charge in [-0.15, -0.1) is 0 Å². The van der Waals surface area contributed by atoms with Crippen LogP contribution in [-0.4, -0.2) is 23.2 Å². The van der Waals surface area contributed by atoms with Crippen molar-refractivity contribution in [1.29, 1.82) is 0 Å². The molecule has 2 unspecified atom stereocenters. The van der Waals surface area contributed by atoms with Crippen LogP contribution >= 0.6 is 0 Å². The summed E-state index contributed by atoms with van der Waals surface area (Å²) in [6.45, 7) is 3.62. The van der Waals surface area contributed by atoms with Crippen molar-refractivity contribution in [2.75, 3.05) is 6.61 Å². The third-order valence-electron chi connectivity index (χ3n) is 4.21. The van der Waals surface area contributed by atoms with Gasteiger partial charge in [-0.2, -0.15) is 0 Å². The fraction of sp³-hybridized carbons (Fsp3) is 0.389. The Morgan fingerprint density at radius 1 is 1.24 bits per heavy atom. The van der Waals surface area contributed by atoms with Crippen LogP contribution in [-0.2, 0) is 4.79 Å². The minimum absolute atomic E-state index is 0.0293. The highest BCUT2D eigenvalue weighted by molar-refractivity contribution is 5.89. The second kappa shape index (κ2) is 5.15. The molecule has 0 aliphatic heterocycles. The molecule has 3 heteroatoms. The quantitative estimate of drug-likeness (QED) is 0.906. The lowest BCUT2D eigenvalue weighted by Gasteiger charge is -2.23. The van der Waals surface area contributed by atoms with Gasteiger partial charge in [0.15, 0.2) is 0 Å². The summed E-state index contributed by atoms with van der Waals surface area (Å²) in [5, 5.41) is 14.6. The molecule has 0 saturated heterocycles. The normalized spacial score (nSPS) is 21.3. The van der Waals surface area contributed by atoms with E-state index in [1.807, 2.05) is 26.0 Å². The zero-order valence-electron chi connectivity index (χ0n) is 12.5. The van der Waals surface area contributed by atoms with Crippen LogP contribution in [0.2, 0.25) is 0 Å². The van der Waals surface area contributed by atoms with E-state index in [0.717, 1.165) is 6.42 Å². The van der Waals surface area contributed by atoms with Crippen molar-refractivity contribution < 1.29 is 9.90 Å². The van der Waals surface area contributed by atoms with E-state index in [9.17, 15) is 9.90 Å². The van der Waals surface area contributed by atoms with Gasteiger partial charge in [-0.1, -0.05) is 42.5 Å². The molecule has 3 rings (SSSR count). The number of rotatable bonds is 4. The van der Waals surface area contributed by atoms with E-state index in [0.29, 0.717) is 5.92 Å². The minimum atomic E-state index is -0.553. The molecular weight excluding hydrogens is 262 g/mol. The SMILES string of the molecule is CC(C)(CO)NC(=O)C1CC1c1cccc2ccccc12. The van der Waals surface area contributed by atoms with Gasteiger partial charge in [-0.3, -0.25) is 4.79 Å². The molecule has 2 aromatic rings.